The van der Waals surface area contributed by atoms with E-state index in [-0.39, 0.29) is 0 Å². The highest BCUT2D eigenvalue weighted by atomic mass is 79.9. The number of hydrogen-bond acceptors (Lipinski definition) is 5. The number of rotatable bonds is 7. The van der Waals surface area contributed by atoms with Crippen LogP contribution in [0.1, 0.15) is 11.1 Å². The lowest BCUT2D eigenvalue weighted by atomic mass is 10.1. The third-order valence-corrected chi connectivity index (χ3v) is 4.85. The Bertz CT molecular complexity index is 918. The number of nitrogens with zero attached hydrogens (tertiary/aromatic N) is 3. The van der Waals surface area contributed by atoms with Crippen molar-refractivity contribution in [3.05, 3.63) is 64.1 Å². The van der Waals surface area contributed by atoms with Gasteiger partial charge in [-0.1, -0.05) is 46.3 Å². The summed E-state index contributed by atoms with van der Waals surface area (Å²) in [5.74, 6) is 1.40. The number of halogens is 1. The number of hydrogen-bond donors (Lipinski definition) is 2. The minimum Gasteiger partial charge on any atom is -0.353 e. The maximum absolute atomic E-state index is 4.71. The van der Waals surface area contributed by atoms with Gasteiger partial charge >= 0.3 is 0 Å². The fourth-order valence-corrected chi connectivity index (χ4v) is 3.66. The highest BCUT2D eigenvalue weighted by Gasteiger charge is 2.10. The summed E-state index contributed by atoms with van der Waals surface area (Å²) in [6.45, 7) is 5.87. The van der Waals surface area contributed by atoms with E-state index in [4.69, 9.17) is 9.97 Å². The molecule has 0 bridgehead atoms. The summed E-state index contributed by atoms with van der Waals surface area (Å²) < 4.78 is 1.08. The zero-order valence-electron chi connectivity index (χ0n) is 16.8. The second-order valence-electron chi connectivity index (χ2n) is 7.10. The number of aryl methyl sites for hydroxylation is 2. The molecule has 0 saturated carbocycles. The summed E-state index contributed by atoms with van der Waals surface area (Å²) in [5, 5.41) is 6.83. The third-order valence-electron chi connectivity index (χ3n) is 4.39. The molecule has 0 radical (unpaired) electrons. The van der Waals surface area contributed by atoms with E-state index in [1.54, 1.807) is 0 Å². The number of nitrogens with one attached hydrogen (secondary N) is 2. The average Bonchev–Trinajstić information content (AvgIpc) is 2.65. The molecular formula is C22H26BrN5. The fourth-order valence-electron chi connectivity index (χ4n) is 2.97. The van der Waals surface area contributed by atoms with E-state index >= 15 is 0 Å². The molecule has 6 heteroatoms. The highest BCUT2D eigenvalue weighted by Crippen LogP contribution is 2.29. The number of aromatic nitrogens is 2. The van der Waals surface area contributed by atoms with Crippen LogP contribution in [0, 0.1) is 13.8 Å². The molecule has 3 rings (SSSR count). The summed E-state index contributed by atoms with van der Waals surface area (Å²) in [7, 11) is 4.10. The van der Waals surface area contributed by atoms with Crippen molar-refractivity contribution in [2.24, 2.45) is 0 Å². The lowest BCUT2D eigenvalue weighted by molar-refractivity contribution is 0.425. The van der Waals surface area contributed by atoms with E-state index in [9.17, 15) is 0 Å². The van der Waals surface area contributed by atoms with E-state index in [1.165, 1.54) is 0 Å². The van der Waals surface area contributed by atoms with Crippen molar-refractivity contribution in [3.8, 4) is 11.3 Å². The lowest BCUT2D eigenvalue weighted by Gasteiger charge is -2.16. The summed E-state index contributed by atoms with van der Waals surface area (Å²) in [6.07, 6.45) is 0. The van der Waals surface area contributed by atoms with Crippen LogP contribution in [-0.4, -0.2) is 42.1 Å². The number of benzene rings is 2. The zero-order valence-corrected chi connectivity index (χ0v) is 18.3. The molecule has 0 saturated heterocycles. The van der Waals surface area contributed by atoms with Gasteiger partial charge in [-0.05, 0) is 51.2 Å². The third kappa shape index (κ3) is 5.30. The van der Waals surface area contributed by atoms with Gasteiger partial charge in [0, 0.05) is 34.9 Å². The molecule has 0 fully saturated rings. The molecule has 0 unspecified atom stereocenters. The van der Waals surface area contributed by atoms with Crippen LogP contribution in [-0.2, 0) is 0 Å². The van der Waals surface area contributed by atoms with E-state index in [0.29, 0.717) is 5.95 Å². The maximum atomic E-state index is 4.71. The topological polar surface area (TPSA) is 53.1 Å². The Kier molecular flexibility index (Phi) is 6.65. The van der Waals surface area contributed by atoms with Crippen molar-refractivity contribution in [3.63, 3.8) is 0 Å². The van der Waals surface area contributed by atoms with Crippen molar-refractivity contribution < 1.29 is 0 Å². The van der Waals surface area contributed by atoms with Crippen molar-refractivity contribution >= 4 is 33.4 Å². The molecule has 0 aliphatic carbocycles. The van der Waals surface area contributed by atoms with Gasteiger partial charge in [-0.2, -0.15) is 4.98 Å². The molecule has 0 aliphatic heterocycles. The number of anilines is 3. The van der Waals surface area contributed by atoms with Gasteiger partial charge in [0.15, 0.2) is 0 Å². The van der Waals surface area contributed by atoms with Crippen LogP contribution >= 0.6 is 15.9 Å². The molecule has 2 N–H and O–H groups in total. The van der Waals surface area contributed by atoms with Crippen molar-refractivity contribution in [1.82, 2.24) is 14.9 Å². The van der Waals surface area contributed by atoms with Crippen LogP contribution in [0.25, 0.3) is 11.3 Å². The van der Waals surface area contributed by atoms with Gasteiger partial charge in [0.2, 0.25) is 5.95 Å². The van der Waals surface area contributed by atoms with Crippen LogP contribution in [0.15, 0.2) is 53.0 Å². The summed E-state index contributed by atoms with van der Waals surface area (Å²) in [5.41, 5.74) is 5.34. The smallest absolute Gasteiger partial charge is 0.225 e. The molecule has 3 aromatic rings. The Morgan fingerprint density at radius 2 is 1.64 bits per heavy atom. The Balaban J connectivity index is 1.95. The lowest BCUT2D eigenvalue weighted by Crippen LogP contribution is -2.21. The van der Waals surface area contributed by atoms with E-state index < -0.39 is 0 Å². The van der Waals surface area contributed by atoms with Gasteiger partial charge in [-0.15, -0.1) is 0 Å². The molecule has 0 spiro atoms. The minimum absolute atomic E-state index is 0.623. The predicted octanol–water partition coefficient (Wildman–Crippen LogP) is 5.24. The Hall–Kier alpha value is -2.44. The Morgan fingerprint density at radius 1 is 0.964 bits per heavy atom. The van der Waals surface area contributed by atoms with Gasteiger partial charge in [-0.25, -0.2) is 4.98 Å². The highest BCUT2D eigenvalue weighted by molar-refractivity contribution is 9.10. The van der Waals surface area contributed by atoms with Gasteiger partial charge in [-0.3, -0.25) is 0 Å². The monoisotopic (exact) mass is 439 g/mol. The fraction of sp³-hybridized carbons (Fsp3) is 0.273. The molecular weight excluding hydrogens is 414 g/mol. The quantitative estimate of drug-likeness (QED) is 0.526. The second-order valence-corrected chi connectivity index (χ2v) is 8.01. The largest absolute Gasteiger partial charge is 0.353 e. The van der Waals surface area contributed by atoms with Crippen molar-refractivity contribution in [2.75, 3.05) is 37.8 Å². The minimum atomic E-state index is 0.623. The average molecular weight is 440 g/mol. The molecule has 28 heavy (non-hydrogen) atoms. The molecule has 0 amide bonds. The van der Waals surface area contributed by atoms with Crippen molar-refractivity contribution in [2.45, 2.75) is 13.8 Å². The van der Waals surface area contributed by atoms with Gasteiger partial charge in [0.1, 0.15) is 5.82 Å². The molecule has 1 heterocycles. The Morgan fingerprint density at radius 3 is 2.29 bits per heavy atom. The predicted molar refractivity (Wildman–Crippen MR) is 121 cm³/mol. The molecule has 2 aromatic carbocycles. The van der Waals surface area contributed by atoms with Crippen molar-refractivity contribution in [1.29, 1.82) is 0 Å². The molecule has 5 nitrogen and oxygen atoms in total. The second kappa shape index (κ2) is 9.17. The molecule has 0 aliphatic rings. The van der Waals surface area contributed by atoms with E-state index in [0.717, 1.165) is 51.5 Å². The first-order valence-corrected chi connectivity index (χ1v) is 10.1. The SMILES string of the molecule is Cc1cc(Br)cc(C)c1Nc1cc(-c2ccccc2)nc(NCCN(C)C)n1. The first-order valence-electron chi connectivity index (χ1n) is 9.29. The van der Waals surface area contributed by atoms with Crippen LogP contribution in [0.4, 0.5) is 17.5 Å². The Labute approximate surface area is 175 Å². The van der Waals surface area contributed by atoms with Crippen LogP contribution < -0.4 is 10.6 Å². The van der Waals surface area contributed by atoms with Gasteiger partial charge in [0.25, 0.3) is 0 Å². The van der Waals surface area contributed by atoms with Gasteiger partial charge in [0.05, 0.1) is 5.69 Å². The van der Waals surface area contributed by atoms with Crippen LogP contribution in [0.3, 0.4) is 0 Å². The summed E-state index contributed by atoms with van der Waals surface area (Å²) in [6, 6.07) is 16.4. The van der Waals surface area contributed by atoms with Crippen LogP contribution in [0.2, 0.25) is 0 Å². The van der Waals surface area contributed by atoms with Gasteiger partial charge < -0.3 is 15.5 Å². The van der Waals surface area contributed by atoms with E-state index in [1.807, 2.05) is 24.3 Å². The molecule has 0 atom stereocenters. The molecule has 1 aromatic heterocycles. The summed E-state index contributed by atoms with van der Waals surface area (Å²) in [4.78, 5) is 11.5. The van der Waals surface area contributed by atoms with E-state index in [2.05, 4.69) is 83.7 Å². The van der Waals surface area contributed by atoms with Crippen LogP contribution in [0.5, 0.6) is 0 Å². The zero-order chi connectivity index (χ0) is 20.1. The summed E-state index contributed by atoms with van der Waals surface area (Å²) >= 11 is 3.56. The first-order chi connectivity index (χ1) is 13.4. The first kappa shape index (κ1) is 20.3. The standard InChI is InChI=1S/C22H26BrN5/c1-15-12-18(23)13-16(2)21(15)26-20-14-19(17-8-6-5-7-9-17)25-22(27-20)24-10-11-28(3)4/h5-9,12-14H,10-11H2,1-4H3,(H2,24,25,26,27). The normalized spacial score (nSPS) is 10.9. The number of likely N-dealkylation sites (N-methyl/N-ethyl adjacent to an activating group) is 1. The molecule has 146 valence electrons. The maximum Gasteiger partial charge on any atom is 0.225 e.